The van der Waals surface area contributed by atoms with Crippen LogP contribution in [0.2, 0.25) is 0 Å². The molecule has 2 heterocycles. The van der Waals surface area contributed by atoms with Gasteiger partial charge in [-0.2, -0.15) is 0 Å². The predicted octanol–water partition coefficient (Wildman–Crippen LogP) is 1.86. The fourth-order valence-corrected chi connectivity index (χ4v) is 2.71. The monoisotopic (exact) mass is 314 g/mol. The van der Waals surface area contributed by atoms with E-state index in [1.165, 1.54) is 6.20 Å². The summed E-state index contributed by atoms with van der Waals surface area (Å²) in [5.41, 5.74) is 0.674. The number of pyridine rings is 1. The van der Waals surface area contributed by atoms with Crippen LogP contribution in [0.5, 0.6) is 0 Å². The van der Waals surface area contributed by atoms with Gasteiger partial charge in [0.15, 0.2) is 0 Å². The minimum Gasteiger partial charge on any atom is -0.354 e. The lowest BCUT2D eigenvalue weighted by molar-refractivity contribution is -0.385. The summed E-state index contributed by atoms with van der Waals surface area (Å²) in [4.78, 5) is 16.8. The van der Waals surface area contributed by atoms with E-state index in [0.717, 1.165) is 25.3 Å². The van der Waals surface area contributed by atoms with E-state index in [-0.39, 0.29) is 5.69 Å². The molecule has 0 aliphatic carbocycles. The molecule has 0 radical (unpaired) electrons. The zero-order valence-corrected chi connectivity index (χ0v) is 11.9. The van der Waals surface area contributed by atoms with Crippen LogP contribution in [-0.2, 0) is 0 Å². The molecule has 0 amide bonds. The van der Waals surface area contributed by atoms with Gasteiger partial charge in [0, 0.05) is 24.7 Å². The van der Waals surface area contributed by atoms with Crippen LogP contribution in [0.1, 0.15) is 12.0 Å². The van der Waals surface area contributed by atoms with Crippen molar-refractivity contribution in [2.45, 2.75) is 19.4 Å². The molecule has 1 aromatic heterocycles. The van der Waals surface area contributed by atoms with Crippen LogP contribution >= 0.6 is 15.9 Å². The molecule has 1 N–H and O–H groups in total. The molecule has 1 fully saturated rings. The average Bonchev–Trinajstić information content (AvgIpc) is 2.80. The maximum Gasteiger partial charge on any atom is 0.291 e. The Labute approximate surface area is 114 Å². The van der Waals surface area contributed by atoms with Gasteiger partial charge in [-0.15, -0.1) is 0 Å². The largest absolute Gasteiger partial charge is 0.354 e. The van der Waals surface area contributed by atoms with E-state index in [9.17, 15) is 10.1 Å². The number of halogens is 1. The zero-order chi connectivity index (χ0) is 13.3. The lowest BCUT2D eigenvalue weighted by Gasteiger charge is -2.19. The van der Waals surface area contributed by atoms with Gasteiger partial charge in [0.2, 0.25) is 0 Å². The SMILES string of the molecule is CNC1CCN(c2ncc([N+](=O)[O-])c(C)c2Br)C1. The minimum absolute atomic E-state index is 0.0509. The fourth-order valence-electron chi connectivity index (χ4n) is 2.15. The number of nitro groups is 1. The van der Waals surface area contributed by atoms with Crippen molar-refractivity contribution in [3.63, 3.8) is 0 Å². The van der Waals surface area contributed by atoms with E-state index >= 15 is 0 Å². The number of nitrogens with one attached hydrogen (secondary N) is 1. The first kappa shape index (κ1) is 13.2. The standard InChI is InChI=1S/C11H15BrN4O2/c1-7-9(16(17)18)5-14-11(10(7)12)15-4-3-8(6-15)13-2/h5,8,13H,3-4,6H2,1-2H3. The van der Waals surface area contributed by atoms with Crippen molar-refractivity contribution < 1.29 is 4.92 Å². The second-order valence-corrected chi connectivity index (χ2v) is 5.18. The second kappa shape index (κ2) is 5.19. The summed E-state index contributed by atoms with van der Waals surface area (Å²) in [7, 11) is 1.94. The Bertz CT molecular complexity index is 480. The number of hydrogen-bond acceptors (Lipinski definition) is 5. The lowest BCUT2D eigenvalue weighted by Crippen LogP contribution is -2.30. The van der Waals surface area contributed by atoms with Gasteiger partial charge in [0.25, 0.3) is 5.69 Å². The molecule has 6 nitrogen and oxygen atoms in total. The van der Waals surface area contributed by atoms with Crippen LogP contribution in [-0.4, -0.2) is 36.1 Å². The molecule has 0 saturated carbocycles. The minimum atomic E-state index is -0.405. The lowest BCUT2D eigenvalue weighted by atomic mass is 10.2. The highest BCUT2D eigenvalue weighted by molar-refractivity contribution is 9.10. The molecule has 0 spiro atoms. The molecule has 18 heavy (non-hydrogen) atoms. The number of likely N-dealkylation sites (N-methyl/N-ethyl adjacent to an activating group) is 1. The van der Waals surface area contributed by atoms with Gasteiger partial charge < -0.3 is 10.2 Å². The Morgan fingerprint density at radius 3 is 2.94 bits per heavy atom. The summed E-state index contributed by atoms with van der Waals surface area (Å²) in [5, 5.41) is 14.1. The van der Waals surface area contributed by atoms with Crippen molar-refractivity contribution in [3.8, 4) is 0 Å². The molecule has 1 aromatic rings. The predicted molar refractivity (Wildman–Crippen MR) is 73.0 cm³/mol. The molecule has 1 unspecified atom stereocenters. The first-order valence-corrected chi connectivity index (χ1v) is 6.55. The molecule has 1 aliphatic rings. The third kappa shape index (κ3) is 2.32. The second-order valence-electron chi connectivity index (χ2n) is 4.38. The summed E-state index contributed by atoms with van der Waals surface area (Å²) in [6.07, 6.45) is 2.39. The molecule has 98 valence electrons. The van der Waals surface area contributed by atoms with Crippen LogP contribution in [0.15, 0.2) is 10.7 Å². The van der Waals surface area contributed by atoms with Gasteiger partial charge in [0.05, 0.1) is 9.40 Å². The Hall–Kier alpha value is -1.21. The maximum atomic E-state index is 10.8. The number of aromatic nitrogens is 1. The van der Waals surface area contributed by atoms with Crippen LogP contribution in [0.4, 0.5) is 11.5 Å². The smallest absolute Gasteiger partial charge is 0.291 e. The molecule has 7 heteroatoms. The molecule has 0 aromatic carbocycles. The molecular formula is C11H15BrN4O2. The topological polar surface area (TPSA) is 71.3 Å². The van der Waals surface area contributed by atoms with E-state index in [2.05, 4.69) is 31.1 Å². The Balaban J connectivity index is 2.30. The first-order valence-electron chi connectivity index (χ1n) is 5.76. The van der Waals surface area contributed by atoms with E-state index in [0.29, 0.717) is 16.1 Å². The van der Waals surface area contributed by atoms with E-state index in [4.69, 9.17) is 0 Å². The molecule has 0 bridgehead atoms. The van der Waals surface area contributed by atoms with Crippen LogP contribution < -0.4 is 10.2 Å². The van der Waals surface area contributed by atoms with Crippen molar-refractivity contribution in [3.05, 3.63) is 26.3 Å². The highest BCUT2D eigenvalue weighted by atomic mass is 79.9. The molecule has 1 saturated heterocycles. The van der Waals surface area contributed by atoms with E-state index in [1.54, 1.807) is 6.92 Å². The maximum absolute atomic E-state index is 10.8. The summed E-state index contributed by atoms with van der Waals surface area (Å²) >= 11 is 3.42. The number of nitrogens with zero attached hydrogens (tertiary/aromatic N) is 3. The number of hydrogen-bond donors (Lipinski definition) is 1. The quantitative estimate of drug-likeness (QED) is 0.681. The van der Waals surface area contributed by atoms with Crippen molar-refractivity contribution in [2.75, 3.05) is 25.0 Å². The highest BCUT2D eigenvalue weighted by Gasteiger charge is 2.26. The molecular weight excluding hydrogens is 300 g/mol. The molecule has 1 atom stereocenters. The van der Waals surface area contributed by atoms with Crippen molar-refractivity contribution in [1.29, 1.82) is 0 Å². The average molecular weight is 315 g/mol. The van der Waals surface area contributed by atoms with E-state index in [1.807, 2.05) is 7.05 Å². The molecule has 1 aliphatic heterocycles. The van der Waals surface area contributed by atoms with Gasteiger partial charge in [-0.05, 0) is 36.3 Å². The number of rotatable bonds is 3. The van der Waals surface area contributed by atoms with Crippen LogP contribution in [0.25, 0.3) is 0 Å². The van der Waals surface area contributed by atoms with Gasteiger partial charge in [-0.3, -0.25) is 10.1 Å². The van der Waals surface area contributed by atoms with Crippen LogP contribution in [0, 0.1) is 17.0 Å². The fraction of sp³-hybridized carbons (Fsp3) is 0.545. The summed E-state index contributed by atoms with van der Waals surface area (Å²) in [5.74, 6) is 0.788. The first-order chi connectivity index (χ1) is 8.54. The summed E-state index contributed by atoms with van der Waals surface area (Å²) in [6.45, 7) is 3.52. The van der Waals surface area contributed by atoms with Gasteiger partial charge in [-0.1, -0.05) is 0 Å². The Morgan fingerprint density at radius 2 is 2.39 bits per heavy atom. The van der Waals surface area contributed by atoms with Crippen molar-refractivity contribution in [1.82, 2.24) is 10.3 Å². The van der Waals surface area contributed by atoms with Gasteiger partial charge in [0.1, 0.15) is 12.0 Å². The Kier molecular flexibility index (Phi) is 3.82. The van der Waals surface area contributed by atoms with Crippen molar-refractivity contribution in [2.24, 2.45) is 0 Å². The Morgan fingerprint density at radius 1 is 1.67 bits per heavy atom. The van der Waals surface area contributed by atoms with Crippen molar-refractivity contribution >= 4 is 27.4 Å². The van der Waals surface area contributed by atoms with E-state index < -0.39 is 4.92 Å². The normalized spacial score (nSPS) is 19.3. The molecule has 2 rings (SSSR count). The van der Waals surface area contributed by atoms with Crippen LogP contribution in [0.3, 0.4) is 0 Å². The van der Waals surface area contributed by atoms with Gasteiger partial charge >= 0.3 is 0 Å². The summed E-state index contributed by atoms with van der Waals surface area (Å²) < 4.78 is 0.716. The number of anilines is 1. The zero-order valence-electron chi connectivity index (χ0n) is 10.3. The summed E-state index contributed by atoms with van der Waals surface area (Å²) in [6, 6.07) is 0.453. The third-order valence-electron chi connectivity index (χ3n) is 3.31. The van der Waals surface area contributed by atoms with Gasteiger partial charge in [-0.25, -0.2) is 4.98 Å². The highest BCUT2D eigenvalue weighted by Crippen LogP contribution is 2.34. The third-order valence-corrected chi connectivity index (χ3v) is 4.26.